The second kappa shape index (κ2) is 4.84. The summed E-state index contributed by atoms with van der Waals surface area (Å²) in [5.41, 5.74) is 3.38. The van der Waals surface area contributed by atoms with E-state index in [1.807, 2.05) is 19.2 Å². The lowest BCUT2D eigenvalue weighted by Crippen LogP contribution is -2.11. The fourth-order valence-electron chi connectivity index (χ4n) is 2.19. The molecule has 0 fully saturated rings. The largest absolute Gasteiger partial charge is 0.396 e. The number of pyridine rings is 1. The molecule has 0 saturated heterocycles. The predicted octanol–water partition coefficient (Wildman–Crippen LogP) is 3.28. The SMILES string of the molecule is Cc1cnc2ccc(C(CO)C(C)C)cc2c1. The van der Waals surface area contributed by atoms with Gasteiger partial charge in [-0.1, -0.05) is 19.9 Å². The molecule has 1 atom stereocenters. The molecule has 2 nitrogen and oxygen atoms in total. The number of aliphatic hydroxyl groups is 1. The van der Waals surface area contributed by atoms with E-state index in [1.165, 1.54) is 11.1 Å². The van der Waals surface area contributed by atoms with Gasteiger partial charge in [0.2, 0.25) is 0 Å². The van der Waals surface area contributed by atoms with Crippen molar-refractivity contribution >= 4 is 10.9 Å². The fraction of sp³-hybridized carbons (Fsp3) is 0.400. The van der Waals surface area contributed by atoms with Crippen LogP contribution in [0.4, 0.5) is 0 Å². The maximum atomic E-state index is 9.46. The molecule has 1 aromatic heterocycles. The predicted molar refractivity (Wildman–Crippen MR) is 71.1 cm³/mol. The minimum Gasteiger partial charge on any atom is -0.396 e. The highest BCUT2D eigenvalue weighted by Gasteiger charge is 2.14. The topological polar surface area (TPSA) is 33.1 Å². The third-order valence-corrected chi connectivity index (χ3v) is 3.27. The van der Waals surface area contributed by atoms with Crippen LogP contribution < -0.4 is 0 Å². The zero-order valence-corrected chi connectivity index (χ0v) is 10.6. The molecule has 2 rings (SSSR count). The molecule has 0 aliphatic heterocycles. The molecule has 1 heterocycles. The molecule has 2 aromatic rings. The van der Waals surface area contributed by atoms with E-state index in [0.717, 1.165) is 10.9 Å². The van der Waals surface area contributed by atoms with Crippen molar-refractivity contribution in [3.8, 4) is 0 Å². The van der Waals surface area contributed by atoms with Crippen molar-refractivity contribution in [1.82, 2.24) is 4.98 Å². The van der Waals surface area contributed by atoms with Crippen LogP contribution in [-0.2, 0) is 0 Å². The van der Waals surface area contributed by atoms with Gasteiger partial charge in [0.25, 0.3) is 0 Å². The monoisotopic (exact) mass is 229 g/mol. The number of aromatic nitrogens is 1. The van der Waals surface area contributed by atoms with Crippen LogP contribution in [0.25, 0.3) is 10.9 Å². The standard InChI is InChI=1S/C15H19NO/c1-10(2)14(9-17)12-4-5-15-13(7-12)6-11(3)8-16-15/h4-8,10,14,17H,9H2,1-3H3. The number of hydrogen-bond donors (Lipinski definition) is 1. The van der Waals surface area contributed by atoms with Crippen molar-refractivity contribution in [3.63, 3.8) is 0 Å². The van der Waals surface area contributed by atoms with Gasteiger partial charge < -0.3 is 5.11 Å². The quantitative estimate of drug-likeness (QED) is 0.876. The van der Waals surface area contributed by atoms with E-state index in [1.54, 1.807) is 0 Å². The van der Waals surface area contributed by atoms with Gasteiger partial charge in [0, 0.05) is 17.5 Å². The lowest BCUT2D eigenvalue weighted by molar-refractivity contribution is 0.237. The van der Waals surface area contributed by atoms with E-state index < -0.39 is 0 Å². The third kappa shape index (κ3) is 2.47. The summed E-state index contributed by atoms with van der Waals surface area (Å²) in [7, 11) is 0. The Bertz CT molecular complexity index is 519. The highest BCUT2D eigenvalue weighted by molar-refractivity contribution is 5.79. The summed E-state index contributed by atoms with van der Waals surface area (Å²) in [4.78, 5) is 4.39. The summed E-state index contributed by atoms with van der Waals surface area (Å²) >= 11 is 0. The number of rotatable bonds is 3. The Hall–Kier alpha value is -1.41. The van der Waals surface area contributed by atoms with Gasteiger partial charge in [-0.25, -0.2) is 0 Å². The minimum atomic E-state index is 0.197. The lowest BCUT2D eigenvalue weighted by atomic mass is 9.88. The second-order valence-electron chi connectivity index (χ2n) is 5.00. The van der Waals surface area contributed by atoms with Crippen LogP contribution >= 0.6 is 0 Å². The molecule has 1 unspecified atom stereocenters. The van der Waals surface area contributed by atoms with Crippen LogP contribution in [0.15, 0.2) is 30.5 Å². The average molecular weight is 229 g/mol. The van der Waals surface area contributed by atoms with Crippen LogP contribution in [0.1, 0.15) is 30.9 Å². The Morgan fingerprint density at radius 1 is 1.24 bits per heavy atom. The Morgan fingerprint density at radius 2 is 2.00 bits per heavy atom. The van der Waals surface area contributed by atoms with E-state index >= 15 is 0 Å². The summed E-state index contributed by atoms with van der Waals surface area (Å²) in [5.74, 6) is 0.648. The number of aliphatic hydroxyl groups excluding tert-OH is 1. The molecule has 0 radical (unpaired) electrons. The average Bonchev–Trinajstić information content (AvgIpc) is 2.29. The minimum absolute atomic E-state index is 0.197. The van der Waals surface area contributed by atoms with Crippen molar-refractivity contribution in [3.05, 3.63) is 41.6 Å². The van der Waals surface area contributed by atoms with E-state index in [2.05, 4.69) is 37.0 Å². The summed E-state index contributed by atoms with van der Waals surface area (Å²) in [6, 6.07) is 8.40. The second-order valence-corrected chi connectivity index (χ2v) is 5.00. The van der Waals surface area contributed by atoms with Gasteiger partial charge in [0.1, 0.15) is 0 Å². The summed E-state index contributed by atoms with van der Waals surface area (Å²) in [6.45, 7) is 6.52. The highest BCUT2D eigenvalue weighted by Crippen LogP contribution is 2.26. The molecule has 0 amide bonds. The molecule has 0 saturated carbocycles. The number of fused-ring (bicyclic) bond motifs is 1. The summed E-state index contributed by atoms with van der Waals surface area (Å²) in [5, 5.41) is 10.6. The molecular formula is C15H19NO. The van der Waals surface area contributed by atoms with E-state index in [4.69, 9.17) is 0 Å². The van der Waals surface area contributed by atoms with Crippen molar-refractivity contribution in [2.75, 3.05) is 6.61 Å². The van der Waals surface area contributed by atoms with Crippen molar-refractivity contribution in [2.45, 2.75) is 26.7 Å². The van der Waals surface area contributed by atoms with Crippen LogP contribution in [0.2, 0.25) is 0 Å². The first kappa shape index (κ1) is 12.1. The Labute approximate surface area is 102 Å². The molecule has 0 aliphatic rings. The number of aryl methyl sites for hydroxylation is 1. The van der Waals surface area contributed by atoms with Crippen molar-refractivity contribution < 1.29 is 5.11 Å². The van der Waals surface area contributed by atoms with Crippen LogP contribution in [0, 0.1) is 12.8 Å². The number of nitrogens with zero attached hydrogens (tertiary/aromatic N) is 1. The maximum absolute atomic E-state index is 9.46. The smallest absolute Gasteiger partial charge is 0.0702 e. The zero-order chi connectivity index (χ0) is 12.4. The Morgan fingerprint density at radius 3 is 2.65 bits per heavy atom. The zero-order valence-electron chi connectivity index (χ0n) is 10.6. The molecule has 90 valence electrons. The summed E-state index contributed by atoms with van der Waals surface area (Å²) in [6.07, 6.45) is 1.88. The highest BCUT2D eigenvalue weighted by atomic mass is 16.3. The number of hydrogen-bond acceptors (Lipinski definition) is 2. The first-order chi connectivity index (χ1) is 8.11. The van der Waals surface area contributed by atoms with Gasteiger partial charge >= 0.3 is 0 Å². The van der Waals surface area contributed by atoms with Gasteiger partial charge in [0.15, 0.2) is 0 Å². The van der Waals surface area contributed by atoms with Gasteiger partial charge in [-0.15, -0.1) is 0 Å². The van der Waals surface area contributed by atoms with Crippen LogP contribution in [-0.4, -0.2) is 16.7 Å². The van der Waals surface area contributed by atoms with Gasteiger partial charge in [0.05, 0.1) is 12.1 Å². The van der Waals surface area contributed by atoms with Crippen LogP contribution in [0.5, 0.6) is 0 Å². The molecule has 2 heteroatoms. The fourth-order valence-corrected chi connectivity index (χ4v) is 2.19. The molecular weight excluding hydrogens is 210 g/mol. The summed E-state index contributed by atoms with van der Waals surface area (Å²) < 4.78 is 0. The normalized spacial score (nSPS) is 13.2. The van der Waals surface area contributed by atoms with Gasteiger partial charge in [-0.3, -0.25) is 4.98 Å². The molecule has 1 N–H and O–H groups in total. The van der Waals surface area contributed by atoms with Crippen LogP contribution in [0.3, 0.4) is 0 Å². The van der Waals surface area contributed by atoms with Gasteiger partial charge in [-0.2, -0.15) is 0 Å². The third-order valence-electron chi connectivity index (χ3n) is 3.27. The first-order valence-corrected chi connectivity index (χ1v) is 6.09. The van der Waals surface area contributed by atoms with Crippen molar-refractivity contribution in [1.29, 1.82) is 0 Å². The molecule has 17 heavy (non-hydrogen) atoms. The maximum Gasteiger partial charge on any atom is 0.0702 e. The molecule has 0 bridgehead atoms. The first-order valence-electron chi connectivity index (χ1n) is 6.09. The lowest BCUT2D eigenvalue weighted by Gasteiger charge is -2.19. The van der Waals surface area contributed by atoms with E-state index in [9.17, 15) is 5.11 Å². The molecule has 0 spiro atoms. The Kier molecular flexibility index (Phi) is 3.43. The van der Waals surface area contributed by atoms with Gasteiger partial charge in [-0.05, 0) is 42.2 Å². The number of benzene rings is 1. The molecule has 0 aliphatic carbocycles. The van der Waals surface area contributed by atoms with Crippen molar-refractivity contribution in [2.24, 2.45) is 5.92 Å². The Balaban J connectivity index is 2.49. The molecule has 1 aromatic carbocycles. The van der Waals surface area contributed by atoms with E-state index in [0.29, 0.717) is 5.92 Å². The van der Waals surface area contributed by atoms with E-state index in [-0.39, 0.29) is 12.5 Å².